The van der Waals surface area contributed by atoms with Gasteiger partial charge in [0.05, 0.1) is 0 Å². The van der Waals surface area contributed by atoms with Gasteiger partial charge in [0, 0.05) is 50.3 Å². The number of hydrogen-bond acceptors (Lipinski definition) is 4. The van der Waals surface area contributed by atoms with Crippen LogP contribution in [-0.2, 0) is 6.54 Å². The molecule has 2 fully saturated rings. The second kappa shape index (κ2) is 5.45. The molecule has 0 spiro atoms. The van der Waals surface area contributed by atoms with Crippen LogP contribution in [0.15, 0.2) is 48.9 Å². The van der Waals surface area contributed by atoms with E-state index >= 15 is 0 Å². The normalized spacial score (nSPS) is 25.2. The summed E-state index contributed by atoms with van der Waals surface area (Å²) in [7, 11) is 0. The average Bonchev–Trinajstić information content (AvgIpc) is 3.12. The van der Waals surface area contributed by atoms with Gasteiger partial charge in [-0.05, 0) is 36.6 Å². The maximum absolute atomic E-state index is 4.53. The maximum Gasteiger partial charge on any atom is 0.128 e. The zero-order valence-corrected chi connectivity index (χ0v) is 12.1. The fourth-order valence-corrected chi connectivity index (χ4v) is 3.81. The van der Waals surface area contributed by atoms with E-state index < -0.39 is 0 Å². The zero-order valence-electron chi connectivity index (χ0n) is 12.1. The molecule has 2 aliphatic rings. The lowest BCUT2D eigenvalue weighted by atomic mass is 10.1. The predicted octanol–water partition coefficient (Wildman–Crippen LogP) is 2.33. The summed E-state index contributed by atoms with van der Waals surface area (Å²) in [5.74, 6) is 1.13. The summed E-state index contributed by atoms with van der Waals surface area (Å²) < 4.78 is 0. The SMILES string of the molecule is c1ccc(N2CC[C@H]3[C@H]2CCN3Cc2cccnc2)nc1. The van der Waals surface area contributed by atoms with Crippen LogP contribution in [0.4, 0.5) is 5.82 Å². The van der Waals surface area contributed by atoms with Crippen molar-refractivity contribution in [3.8, 4) is 0 Å². The minimum atomic E-state index is 0.622. The van der Waals surface area contributed by atoms with Crippen LogP contribution < -0.4 is 4.90 Å². The second-order valence-electron chi connectivity index (χ2n) is 5.93. The van der Waals surface area contributed by atoms with Gasteiger partial charge in [0.2, 0.25) is 0 Å². The number of aromatic nitrogens is 2. The molecule has 2 saturated heterocycles. The van der Waals surface area contributed by atoms with Crippen molar-refractivity contribution >= 4 is 5.82 Å². The Morgan fingerprint density at radius 1 is 1.00 bits per heavy atom. The number of fused-ring (bicyclic) bond motifs is 1. The first kappa shape index (κ1) is 12.8. The summed E-state index contributed by atoms with van der Waals surface area (Å²) >= 11 is 0. The molecule has 2 aromatic heterocycles. The Labute approximate surface area is 125 Å². The van der Waals surface area contributed by atoms with Gasteiger partial charge in [0.15, 0.2) is 0 Å². The van der Waals surface area contributed by atoms with E-state index in [1.807, 2.05) is 30.7 Å². The van der Waals surface area contributed by atoms with Gasteiger partial charge in [-0.15, -0.1) is 0 Å². The molecule has 0 N–H and O–H groups in total. The van der Waals surface area contributed by atoms with Crippen LogP contribution >= 0.6 is 0 Å². The molecule has 0 amide bonds. The Hall–Kier alpha value is -1.94. The predicted molar refractivity (Wildman–Crippen MR) is 83.0 cm³/mol. The molecule has 0 unspecified atom stereocenters. The molecule has 0 bridgehead atoms. The molecule has 0 aromatic carbocycles. The number of rotatable bonds is 3. The Kier molecular flexibility index (Phi) is 3.31. The van der Waals surface area contributed by atoms with Crippen molar-refractivity contribution in [2.45, 2.75) is 31.5 Å². The minimum absolute atomic E-state index is 0.622. The van der Waals surface area contributed by atoms with Crippen molar-refractivity contribution in [1.29, 1.82) is 0 Å². The van der Waals surface area contributed by atoms with Crippen molar-refractivity contribution in [2.75, 3.05) is 18.0 Å². The minimum Gasteiger partial charge on any atom is -0.352 e. The first-order valence-corrected chi connectivity index (χ1v) is 7.72. The highest BCUT2D eigenvalue weighted by Gasteiger charge is 2.42. The van der Waals surface area contributed by atoms with Crippen molar-refractivity contribution in [3.05, 3.63) is 54.5 Å². The largest absolute Gasteiger partial charge is 0.352 e. The highest BCUT2D eigenvalue weighted by atomic mass is 15.3. The Morgan fingerprint density at radius 3 is 2.76 bits per heavy atom. The average molecular weight is 280 g/mol. The van der Waals surface area contributed by atoms with Crippen LogP contribution in [0.3, 0.4) is 0 Å². The number of hydrogen-bond donors (Lipinski definition) is 0. The van der Waals surface area contributed by atoms with Crippen LogP contribution in [0.1, 0.15) is 18.4 Å². The number of pyridine rings is 2. The molecule has 4 heteroatoms. The fraction of sp³-hybridized carbons (Fsp3) is 0.412. The number of likely N-dealkylation sites (tertiary alicyclic amines) is 1. The van der Waals surface area contributed by atoms with Crippen LogP contribution in [0.2, 0.25) is 0 Å². The van der Waals surface area contributed by atoms with Gasteiger partial charge in [-0.3, -0.25) is 9.88 Å². The molecule has 4 rings (SSSR count). The van der Waals surface area contributed by atoms with E-state index in [1.54, 1.807) is 0 Å². The molecule has 0 saturated carbocycles. The van der Waals surface area contributed by atoms with E-state index in [1.165, 1.54) is 24.9 Å². The summed E-state index contributed by atoms with van der Waals surface area (Å²) in [4.78, 5) is 13.9. The van der Waals surface area contributed by atoms with Crippen LogP contribution in [0.25, 0.3) is 0 Å². The van der Waals surface area contributed by atoms with Crippen LogP contribution in [-0.4, -0.2) is 40.0 Å². The van der Waals surface area contributed by atoms with Crippen molar-refractivity contribution in [2.24, 2.45) is 0 Å². The molecule has 2 aromatic rings. The molecule has 4 nitrogen and oxygen atoms in total. The number of anilines is 1. The van der Waals surface area contributed by atoms with Gasteiger partial charge in [0.1, 0.15) is 5.82 Å². The molecule has 4 heterocycles. The lowest BCUT2D eigenvalue weighted by molar-refractivity contribution is 0.245. The van der Waals surface area contributed by atoms with Gasteiger partial charge in [-0.1, -0.05) is 12.1 Å². The van der Waals surface area contributed by atoms with Crippen LogP contribution in [0, 0.1) is 0 Å². The zero-order chi connectivity index (χ0) is 14.1. The Balaban J connectivity index is 1.49. The van der Waals surface area contributed by atoms with E-state index in [2.05, 4.69) is 38.0 Å². The van der Waals surface area contributed by atoms with Crippen molar-refractivity contribution in [1.82, 2.24) is 14.9 Å². The van der Waals surface area contributed by atoms with Gasteiger partial charge < -0.3 is 4.90 Å². The molecule has 21 heavy (non-hydrogen) atoms. The molecular formula is C17H20N4. The summed E-state index contributed by atoms with van der Waals surface area (Å²) in [6.07, 6.45) is 8.20. The summed E-state index contributed by atoms with van der Waals surface area (Å²) in [6, 6.07) is 11.7. The Bertz CT molecular complexity index is 586. The quantitative estimate of drug-likeness (QED) is 0.864. The fourth-order valence-electron chi connectivity index (χ4n) is 3.81. The first-order chi connectivity index (χ1) is 10.4. The summed E-state index contributed by atoms with van der Waals surface area (Å²) in [5.41, 5.74) is 1.31. The summed E-state index contributed by atoms with van der Waals surface area (Å²) in [6.45, 7) is 3.31. The maximum atomic E-state index is 4.53. The molecule has 0 radical (unpaired) electrons. The van der Waals surface area contributed by atoms with Gasteiger partial charge >= 0.3 is 0 Å². The molecule has 108 valence electrons. The molecular weight excluding hydrogens is 260 g/mol. The molecule has 0 aliphatic carbocycles. The standard InChI is InChI=1S/C17H20N4/c1-2-9-19-17(5-1)21-11-7-15-16(21)6-10-20(15)13-14-4-3-8-18-12-14/h1-5,8-9,12,15-16H,6-7,10-11,13H2/t15-,16+/m0/s1. The van der Waals surface area contributed by atoms with Crippen molar-refractivity contribution < 1.29 is 0 Å². The topological polar surface area (TPSA) is 32.3 Å². The number of nitrogens with zero attached hydrogens (tertiary/aromatic N) is 4. The third-order valence-corrected chi connectivity index (χ3v) is 4.74. The van der Waals surface area contributed by atoms with Gasteiger partial charge in [-0.25, -0.2) is 4.98 Å². The van der Waals surface area contributed by atoms with E-state index in [9.17, 15) is 0 Å². The van der Waals surface area contributed by atoms with E-state index in [4.69, 9.17) is 0 Å². The smallest absolute Gasteiger partial charge is 0.128 e. The highest BCUT2D eigenvalue weighted by Crippen LogP contribution is 2.34. The highest BCUT2D eigenvalue weighted by molar-refractivity contribution is 5.42. The third-order valence-electron chi connectivity index (χ3n) is 4.74. The monoisotopic (exact) mass is 280 g/mol. The third kappa shape index (κ3) is 2.40. The van der Waals surface area contributed by atoms with Gasteiger partial charge in [-0.2, -0.15) is 0 Å². The lowest BCUT2D eigenvalue weighted by Crippen LogP contribution is -2.36. The van der Waals surface area contributed by atoms with Crippen molar-refractivity contribution in [3.63, 3.8) is 0 Å². The van der Waals surface area contributed by atoms with Crippen LogP contribution in [0.5, 0.6) is 0 Å². The second-order valence-corrected chi connectivity index (χ2v) is 5.93. The molecule has 2 atom stereocenters. The Morgan fingerprint density at radius 2 is 1.95 bits per heavy atom. The lowest BCUT2D eigenvalue weighted by Gasteiger charge is -2.26. The van der Waals surface area contributed by atoms with E-state index in [0.29, 0.717) is 12.1 Å². The first-order valence-electron chi connectivity index (χ1n) is 7.72. The van der Waals surface area contributed by atoms with E-state index in [-0.39, 0.29) is 0 Å². The van der Waals surface area contributed by atoms with Gasteiger partial charge in [0.25, 0.3) is 0 Å². The molecule has 2 aliphatic heterocycles. The van der Waals surface area contributed by atoms with E-state index in [0.717, 1.165) is 18.9 Å². The summed E-state index contributed by atoms with van der Waals surface area (Å²) in [5, 5.41) is 0.